The molecule has 0 saturated heterocycles. The van der Waals surface area contributed by atoms with Gasteiger partial charge in [-0.05, 0) is 37.1 Å². The van der Waals surface area contributed by atoms with Crippen molar-refractivity contribution in [3.63, 3.8) is 0 Å². The van der Waals surface area contributed by atoms with Gasteiger partial charge in [-0.2, -0.15) is 0 Å². The summed E-state index contributed by atoms with van der Waals surface area (Å²) in [5.74, 6) is -1.15. The molecule has 0 aliphatic heterocycles. The quantitative estimate of drug-likeness (QED) is 0.917. The number of carbonyl (C=O) groups excluding carboxylic acids is 1. The highest BCUT2D eigenvalue weighted by Crippen LogP contribution is 2.14. The molecule has 1 amide bonds. The standard InChI is InChI=1S/C15H16FN3O2/c1-3-21-15-13(16)6-11(8-19-15)14(20)18-9-12-7-17-5-4-10(12)2/h4-8H,3,9H2,1-2H3,(H,18,20). The first kappa shape index (κ1) is 14.9. The second-order valence-corrected chi connectivity index (χ2v) is 4.43. The summed E-state index contributed by atoms with van der Waals surface area (Å²) in [5, 5.41) is 2.71. The predicted molar refractivity (Wildman–Crippen MR) is 75.5 cm³/mol. The van der Waals surface area contributed by atoms with Gasteiger partial charge in [0.1, 0.15) is 0 Å². The fourth-order valence-corrected chi connectivity index (χ4v) is 1.75. The zero-order chi connectivity index (χ0) is 15.2. The molecule has 0 atom stereocenters. The van der Waals surface area contributed by atoms with Gasteiger partial charge in [0.2, 0.25) is 5.88 Å². The van der Waals surface area contributed by atoms with Crippen LogP contribution in [0.25, 0.3) is 0 Å². The molecule has 0 aliphatic carbocycles. The lowest BCUT2D eigenvalue weighted by Crippen LogP contribution is -2.23. The van der Waals surface area contributed by atoms with Crippen LogP contribution in [0, 0.1) is 12.7 Å². The fraction of sp³-hybridized carbons (Fsp3) is 0.267. The molecule has 0 unspecified atom stereocenters. The Kier molecular flexibility index (Phi) is 4.81. The summed E-state index contributed by atoms with van der Waals surface area (Å²) in [4.78, 5) is 19.8. The molecule has 0 fully saturated rings. The van der Waals surface area contributed by atoms with Gasteiger partial charge in [0.05, 0.1) is 12.2 Å². The van der Waals surface area contributed by atoms with Gasteiger partial charge in [-0.3, -0.25) is 9.78 Å². The third-order valence-electron chi connectivity index (χ3n) is 2.94. The molecular weight excluding hydrogens is 273 g/mol. The van der Waals surface area contributed by atoms with Gasteiger partial charge in [0.15, 0.2) is 5.82 Å². The fourth-order valence-electron chi connectivity index (χ4n) is 1.75. The maximum atomic E-state index is 13.6. The van der Waals surface area contributed by atoms with Crippen LogP contribution in [0.3, 0.4) is 0 Å². The van der Waals surface area contributed by atoms with Crippen LogP contribution in [-0.4, -0.2) is 22.5 Å². The van der Waals surface area contributed by atoms with Gasteiger partial charge in [-0.1, -0.05) is 0 Å². The van der Waals surface area contributed by atoms with Crippen LogP contribution in [0.15, 0.2) is 30.7 Å². The van der Waals surface area contributed by atoms with Crippen molar-refractivity contribution in [2.45, 2.75) is 20.4 Å². The zero-order valence-electron chi connectivity index (χ0n) is 11.9. The summed E-state index contributed by atoms with van der Waals surface area (Å²) in [6.45, 7) is 4.31. The highest BCUT2D eigenvalue weighted by molar-refractivity contribution is 5.93. The molecule has 2 aromatic rings. The Bertz CT molecular complexity index is 647. The molecule has 0 bridgehead atoms. The maximum absolute atomic E-state index is 13.6. The topological polar surface area (TPSA) is 64.1 Å². The van der Waals surface area contributed by atoms with Crippen LogP contribution in [-0.2, 0) is 6.54 Å². The second kappa shape index (κ2) is 6.78. The lowest BCUT2D eigenvalue weighted by molar-refractivity contribution is 0.0950. The zero-order valence-corrected chi connectivity index (χ0v) is 11.9. The molecule has 0 saturated carbocycles. The Balaban J connectivity index is 2.04. The predicted octanol–water partition coefficient (Wildman–Crippen LogP) is 2.25. The number of hydrogen-bond acceptors (Lipinski definition) is 4. The monoisotopic (exact) mass is 289 g/mol. The summed E-state index contributed by atoms with van der Waals surface area (Å²) < 4.78 is 18.6. The first-order valence-corrected chi connectivity index (χ1v) is 6.58. The molecule has 2 rings (SSSR count). The van der Waals surface area contributed by atoms with E-state index in [1.807, 2.05) is 13.0 Å². The molecule has 110 valence electrons. The van der Waals surface area contributed by atoms with Crippen molar-refractivity contribution in [2.75, 3.05) is 6.61 Å². The minimum atomic E-state index is -0.651. The average molecular weight is 289 g/mol. The van der Waals surface area contributed by atoms with Crippen LogP contribution < -0.4 is 10.1 Å². The molecule has 2 heterocycles. The van der Waals surface area contributed by atoms with Crippen LogP contribution in [0.4, 0.5) is 4.39 Å². The molecule has 1 N–H and O–H groups in total. The van der Waals surface area contributed by atoms with Crippen molar-refractivity contribution >= 4 is 5.91 Å². The normalized spacial score (nSPS) is 10.2. The van der Waals surface area contributed by atoms with Gasteiger partial charge < -0.3 is 10.1 Å². The Morgan fingerprint density at radius 1 is 1.43 bits per heavy atom. The number of halogens is 1. The first-order chi connectivity index (χ1) is 10.1. The van der Waals surface area contributed by atoms with Crippen molar-refractivity contribution in [2.24, 2.45) is 0 Å². The number of nitrogens with zero attached hydrogens (tertiary/aromatic N) is 2. The second-order valence-electron chi connectivity index (χ2n) is 4.43. The number of ether oxygens (including phenoxy) is 1. The molecule has 0 radical (unpaired) electrons. The summed E-state index contributed by atoms with van der Waals surface area (Å²) in [7, 11) is 0. The third kappa shape index (κ3) is 3.75. The van der Waals surface area contributed by atoms with Crippen LogP contribution in [0.2, 0.25) is 0 Å². The van der Waals surface area contributed by atoms with Gasteiger partial charge in [-0.15, -0.1) is 0 Å². The van der Waals surface area contributed by atoms with E-state index in [2.05, 4.69) is 15.3 Å². The number of nitrogens with one attached hydrogen (secondary N) is 1. The van der Waals surface area contributed by atoms with Crippen LogP contribution in [0.1, 0.15) is 28.4 Å². The number of carbonyl (C=O) groups is 1. The van der Waals surface area contributed by atoms with Crippen molar-refractivity contribution < 1.29 is 13.9 Å². The number of aromatic nitrogens is 2. The number of pyridine rings is 2. The Morgan fingerprint density at radius 2 is 2.24 bits per heavy atom. The third-order valence-corrected chi connectivity index (χ3v) is 2.94. The van der Waals surface area contributed by atoms with E-state index in [0.29, 0.717) is 13.2 Å². The SMILES string of the molecule is CCOc1ncc(C(=O)NCc2cnccc2C)cc1F. The Labute approximate surface area is 122 Å². The summed E-state index contributed by atoms with van der Waals surface area (Å²) in [6, 6.07) is 2.98. The number of aryl methyl sites for hydroxylation is 1. The van der Waals surface area contributed by atoms with E-state index in [-0.39, 0.29) is 11.4 Å². The van der Waals surface area contributed by atoms with E-state index < -0.39 is 11.7 Å². The van der Waals surface area contributed by atoms with E-state index in [1.165, 1.54) is 6.20 Å². The summed E-state index contributed by atoms with van der Waals surface area (Å²) in [5.41, 5.74) is 2.09. The van der Waals surface area contributed by atoms with Gasteiger partial charge in [-0.25, -0.2) is 9.37 Å². The summed E-state index contributed by atoms with van der Waals surface area (Å²) in [6.07, 6.45) is 4.67. The minimum absolute atomic E-state index is 0.0999. The molecule has 0 aromatic carbocycles. The van der Waals surface area contributed by atoms with E-state index in [9.17, 15) is 9.18 Å². The highest BCUT2D eigenvalue weighted by Gasteiger charge is 2.12. The lowest BCUT2D eigenvalue weighted by Gasteiger charge is -2.08. The number of hydrogen-bond donors (Lipinski definition) is 1. The lowest BCUT2D eigenvalue weighted by atomic mass is 10.1. The highest BCUT2D eigenvalue weighted by atomic mass is 19.1. The van der Waals surface area contributed by atoms with Crippen molar-refractivity contribution in [3.8, 4) is 5.88 Å². The van der Waals surface area contributed by atoms with Crippen molar-refractivity contribution in [1.82, 2.24) is 15.3 Å². The Morgan fingerprint density at radius 3 is 2.90 bits per heavy atom. The largest absolute Gasteiger partial charge is 0.476 e. The molecule has 0 spiro atoms. The van der Waals surface area contributed by atoms with Gasteiger partial charge in [0, 0.05) is 25.1 Å². The molecule has 21 heavy (non-hydrogen) atoms. The van der Waals surface area contributed by atoms with E-state index in [0.717, 1.165) is 17.2 Å². The first-order valence-electron chi connectivity index (χ1n) is 6.58. The molecular formula is C15H16FN3O2. The average Bonchev–Trinajstić information content (AvgIpc) is 2.48. The number of amides is 1. The van der Waals surface area contributed by atoms with Crippen molar-refractivity contribution in [3.05, 3.63) is 53.2 Å². The van der Waals surface area contributed by atoms with Crippen LogP contribution >= 0.6 is 0 Å². The van der Waals surface area contributed by atoms with E-state index >= 15 is 0 Å². The smallest absolute Gasteiger partial charge is 0.253 e. The Hall–Kier alpha value is -2.50. The van der Waals surface area contributed by atoms with E-state index in [4.69, 9.17) is 4.74 Å². The van der Waals surface area contributed by atoms with Gasteiger partial charge >= 0.3 is 0 Å². The molecule has 2 aromatic heterocycles. The van der Waals surface area contributed by atoms with Crippen LogP contribution in [0.5, 0.6) is 5.88 Å². The summed E-state index contributed by atoms with van der Waals surface area (Å²) >= 11 is 0. The molecule has 0 aliphatic rings. The van der Waals surface area contributed by atoms with E-state index in [1.54, 1.807) is 19.3 Å². The van der Waals surface area contributed by atoms with Crippen molar-refractivity contribution in [1.29, 1.82) is 0 Å². The minimum Gasteiger partial charge on any atom is -0.476 e. The maximum Gasteiger partial charge on any atom is 0.253 e. The number of rotatable bonds is 5. The van der Waals surface area contributed by atoms with Gasteiger partial charge in [0.25, 0.3) is 5.91 Å². The molecule has 5 nitrogen and oxygen atoms in total. The molecule has 6 heteroatoms.